The fourth-order valence-corrected chi connectivity index (χ4v) is 8.78. The number of carbonyl (C=O) groups excluding carboxylic acids is 3. The third kappa shape index (κ3) is 10.9. The van der Waals surface area contributed by atoms with E-state index < -0.39 is 37.3 Å². The number of fused-ring (bicyclic) bond motifs is 1. The van der Waals surface area contributed by atoms with Crippen molar-refractivity contribution in [1.29, 1.82) is 0 Å². The van der Waals surface area contributed by atoms with Gasteiger partial charge in [-0.05, 0) is 61.1 Å². The molecule has 0 aliphatic carbocycles. The quantitative estimate of drug-likeness (QED) is 0.122. The molecule has 1 aliphatic rings. The van der Waals surface area contributed by atoms with Crippen LogP contribution in [0, 0.1) is 17.8 Å². The van der Waals surface area contributed by atoms with Crippen LogP contribution in [0.1, 0.15) is 88.2 Å². The number of aryl methyl sites for hydroxylation is 1. The van der Waals surface area contributed by atoms with Gasteiger partial charge in [-0.1, -0.05) is 83.1 Å². The molecule has 252 valence electrons. The highest BCUT2D eigenvalue weighted by Crippen LogP contribution is 2.52. The van der Waals surface area contributed by atoms with Crippen LogP contribution in [0.2, 0.25) is 0 Å². The first-order valence-electron chi connectivity index (χ1n) is 16.6. The Kier molecular flexibility index (Phi) is 14.2. The molecule has 0 radical (unpaired) electrons. The molecule has 2 aromatic carbocycles. The van der Waals surface area contributed by atoms with Crippen LogP contribution in [0.25, 0.3) is 0 Å². The van der Waals surface area contributed by atoms with E-state index in [0.29, 0.717) is 44.3 Å². The number of carboxylic acid groups (broad SMARTS) is 1. The molecule has 0 fully saturated rings. The van der Waals surface area contributed by atoms with Crippen molar-refractivity contribution in [3.05, 3.63) is 71.3 Å². The van der Waals surface area contributed by atoms with Gasteiger partial charge in [0.2, 0.25) is 13.3 Å². The van der Waals surface area contributed by atoms with E-state index in [1.165, 1.54) is 0 Å². The molecule has 46 heavy (non-hydrogen) atoms. The highest BCUT2D eigenvalue weighted by Gasteiger charge is 2.37. The Morgan fingerprint density at radius 2 is 1.67 bits per heavy atom. The van der Waals surface area contributed by atoms with Crippen LogP contribution >= 0.6 is 7.37 Å². The van der Waals surface area contributed by atoms with Gasteiger partial charge in [-0.15, -0.1) is 0 Å². The first-order valence-corrected chi connectivity index (χ1v) is 18.6. The maximum absolute atomic E-state index is 14.8. The summed E-state index contributed by atoms with van der Waals surface area (Å²) in [7, 11) is -3.59. The predicted octanol–water partition coefficient (Wildman–Crippen LogP) is 6.59. The van der Waals surface area contributed by atoms with Gasteiger partial charge in [-0.2, -0.15) is 0 Å². The molecule has 9 nitrogen and oxygen atoms in total. The molecule has 0 bridgehead atoms. The number of amides is 2. The molecule has 1 heterocycles. The molecule has 0 saturated carbocycles. The van der Waals surface area contributed by atoms with Crippen LogP contribution in [0.3, 0.4) is 0 Å². The molecule has 2 aromatic rings. The number of unbranched alkanes of at least 4 members (excludes halogenated alkanes) is 1. The van der Waals surface area contributed by atoms with Crippen LogP contribution in [-0.2, 0) is 36.4 Å². The van der Waals surface area contributed by atoms with E-state index >= 15 is 0 Å². The summed E-state index contributed by atoms with van der Waals surface area (Å²) in [5.41, 5.74) is 2.70. The lowest BCUT2D eigenvalue weighted by Crippen LogP contribution is -2.45. The van der Waals surface area contributed by atoms with E-state index in [-0.39, 0.29) is 48.7 Å². The molecule has 3 rings (SSSR count). The smallest absolute Gasteiger partial charge is 0.326 e. The standard InChI is InChI=1S/C36H51N2O7P/c1-6-32(39)33(26(4)5)45-46(44,21-13-12-20-38-23-28-16-10-11-17-30(28)35(38)41)24-29(19-18-27-14-8-7-9-15-27)34(40)37-31(36(42)43)22-25(2)3/h7-11,14-17,25-26,29,31,33H,6,12-13,18-24H2,1-5H3,(H,37,40)(H,42,43)/t29?,31-,33?,46?/m0/s1. The average molecular weight is 655 g/mol. The third-order valence-corrected chi connectivity index (χ3v) is 11.1. The van der Waals surface area contributed by atoms with E-state index in [2.05, 4.69) is 5.32 Å². The molecular weight excluding hydrogens is 603 g/mol. The zero-order valence-electron chi connectivity index (χ0n) is 27.9. The van der Waals surface area contributed by atoms with Crippen LogP contribution < -0.4 is 5.32 Å². The highest BCUT2D eigenvalue weighted by atomic mass is 31.2. The van der Waals surface area contributed by atoms with Crippen molar-refractivity contribution in [2.75, 3.05) is 18.9 Å². The van der Waals surface area contributed by atoms with Gasteiger partial charge in [-0.25, -0.2) is 4.79 Å². The topological polar surface area (TPSA) is 130 Å². The van der Waals surface area contributed by atoms with E-state index in [0.717, 1.165) is 11.1 Å². The molecule has 0 spiro atoms. The Bertz CT molecular complexity index is 1380. The fourth-order valence-electron chi connectivity index (χ4n) is 5.91. The van der Waals surface area contributed by atoms with Crippen molar-refractivity contribution in [3.63, 3.8) is 0 Å². The normalized spacial score (nSPS) is 16.2. The van der Waals surface area contributed by atoms with Gasteiger partial charge in [0.05, 0.1) is 0 Å². The first-order chi connectivity index (χ1) is 21.8. The molecule has 3 unspecified atom stereocenters. The fraction of sp³-hybridized carbons (Fsp3) is 0.556. The molecule has 2 amide bonds. The van der Waals surface area contributed by atoms with E-state index in [1.807, 2.05) is 82.3 Å². The summed E-state index contributed by atoms with van der Waals surface area (Å²) in [6, 6.07) is 16.1. The number of carbonyl (C=O) groups is 4. The van der Waals surface area contributed by atoms with Crippen molar-refractivity contribution < 1.29 is 33.4 Å². The second kappa shape index (κ2) is 17.6. The lowest BCUT2D eigenvalue weighted by atomic mass is 9.98. The number of rotatable bonds is 20. The molecule has 0 saturated heterocycles. The van der Waals surface area contributed by atoms with Crippen molar-refractivity contribution in [2.24, 2.45) is 17.8 Å². The molecule has 4 atom stereocenters. The lowest BCUT2D eigenvalue weighted by Gasteiger charge is -2.30. The second-order valence-corrected chi connectivity index (χ2v) is 15.8. The first kappa shape index (κ1) is 37.2. The Hall–Kier alpha value is -3.29. The molecule has 10 heteroatoms. The number of ketones is 1. The largest absolute Gasteiger partial charge is 0.480 e. The van der Waals surface area contributed by atoms with Crippen molar-refractivity contribution >= 4 is 30.9 Å². The molecule has 2 N–H and O–H groups in total. The lowest BCUT2D eigenvalue weighted by molar-refractivity contribution is -0.142. The number of nitrogens with zero attached hydrogens (tertiary/aromatic N) is 1. The van der Waals surface area contributed by atoms with Gasteiger partial charge >= 0.3 is 5.97 Å². The highest BCUT2D eigenvalue weighted by molar-refractivity contribution is 7.59. The Morgan fingerprint density at radius 3 is 2.28 bits per heavy atom. The second-order valence-electron chi connectivity index (χ2n) is 13.2. The minimum absolute atomic E-state index is 0.0181. The van der Waals surface area contributed by atoms with Gasteiger partial charge in [-0.3, -0.25) is 18.9 Å². The van der Waals surface area contributed by atoms with Gasteiger partial charge in [0.25, 0.3) is 5.91 Å². The number of carboxylic acids is 1. The van der Waals surface area contributed by atoms with Gasteiger partial charge in [0.15, 0.2) is 5.78 Å². The monoisotopic (exact) mass is 654 g/mol. The van der Waals surface area contributed by atoms with E-state index in [4.69, 9.17) is 4.52 Å². The van der Waals surface area contributed by atoms with E-state index in [9.17, 15) is 28.8 Å². The number of aliphatic carboxylic acids is 1. The minimum atomic E-state index is -3.59. The van der Waals surface area contributed by atoms with Crippen LogP contribution in [0.5, 0.6) is 0 Å². The average Bonchev–Trinajstić information content (AvgIpc) is 3.34. The summed E-state index contributed by atoms with van der Waals surface area (Å²) in [6.45, 7) is 10.2. The van der Waals surface area contributed by atoms with Crippen LogP contribution in [-0.4, -0.2) is 64.6 Å². The van der Waals surface area contributed by atoms with Gasteiger partial charge in [0.1, 0.15) is 12.1 Å². The van der Waals surface area contributed by atoms with Crippen LogP contribution in [0.15, 0.2) is 54.6 Å². The number of nitrogens with one attached hydrogen (secondary N) is 1. The van der Waals surface area contributed by atoms with Crippen molar-refractivity contribution in [3.8, 4) is 0 Å². The third-order valence-electron chi connectivity index (χ3n) is 8.47. The number of benzene rings is 2. The summed E-state index contributed by atoms with van der Waals surface area (Å²) >= 11 is 0. The summed E-state index contributed by atoms with van der Waals surface area (Å²) in [4.78, 5) is 53.3. The summed E-state index contributed by atoms with van der Waals surface area (Å²) in [6.07, 6.45) is 1.58. The molecule has 0 aromatic heterocycles. The molecule has 1 aliphatic heterocycles. The van der Waals surface area contributed by atoms with E-state index in [1.54, 1.807) is 11.8 Å². The zero-order chi connectivity index (χ0) is 33.9. The molecular formula is C36H51N2O7P. The SMILES string of the molecule is CCC(=O)C(OP(=O)(CCCCN1Cc2ccccc2C1=O)CC(CCc1ccccc1)C(=O)N[C@@H](CC(C)C)C(=O)O)C(C)C. The Morgan fingerprint density at radius 1 is 1.00 bits per heavy atom. The Labute approximate surface area is 273 Å². The van der Waals surface area contributed by atoms with Crippen LogP contribution in [0.4, 0.5) is 0 Å². The van der Waals surface area contributed by atoms with Crippen molar-refractivity contribution in [1.82, 2.24) is 10.2 Å². The Balaban J connectivity index is 1.81. The number of Topliss-reactive ketones (excluding diaryl/α,β-unsaturated/α-hetero) is 1. The van der Waals surface area contributed by atoms with Crippen molar-refractivity contribution in [2.45, 2.75) is 91.8 Å². The number of hydrogen-bond acceptors (Lipinski definition) is 6. The predicted molar refractivity (Wildman–Crippen MR) is 180 cm³/mol. The summed E-state index contributed by atoms with van der Waals surface area (Å²) in [5, 5.41) is 12.5. The van der Waals surface area contributed by atoms with Gasteiger partial charge < -0.3 is 19.8 Å². The summed E-state index contributed by atoms with van der Waals surface area (Å²) < 4.78 is 21.0. The van der Waals surface area contributed by atoms with Gasteiger partial charge in [0, 0.05) is 43.3 Å². The number of hydrogen-bond donors (Lipinski definition) is 2. The summed E-state index contributed by atoms with van der Waals surface area (Å²) in [5.74, 6) is -2.73. The maximum Gasteiger partial charge on any atom is 0.326 e. The minimum Gasteiger partial charge on any atom is -0.480 e. The maximum atomic E-state index is 14.8. The zero-order valence-corrected chi connectivity index (χ0v) is 28.8.